The maximum Gasteiger partial charge on any atom is 0.233 e. The summed E-state index contributed by atoms with van der Waals surface area (Å²) >= 11 is 0. The Morgan fingerprint density at radius 1 is 1.33 bits per heavy atom. The van der Waals surface area contributed by atoms with Gasteiger partial charge in [0.15, 0.2) is 11.5 Å². The van der Waals surface area contributed by atoms with Crippen LogP contribution in [0.4, 0.5) is 0 Å². The highest BCUT2D eigenvalue weighted by molar-refractivity contribution is 7.89. The molecule has 0 aromatic heterocycles. The fraction of sp³-hybridized carbons (Fsp3) is 0.364. The van der Waals surface area contributed by atoms with Gasteiger partial charge < -0.3 is 9.47 Å². The highest BCUT2D eigenvalue weighted by Gasteiger charge is 2.14. The van der Waals surface area contributed by atoms with Crippen LogP contribution >= 0.6 is 0 Å². The van der Waals surface area contributed by atoms with Crippen LogP contribution in [-0.2, 0) is 21.2 Å². The summed E-state index contributed by atoms with van der Waals surface area (Å²) in [5.74, 6) is 0.811. The molecule has 0 saturated heterocycles. The molecule has 1 aliphatic heterocycles. The number of nitrogens with one attached hydrogen (secondary N) is 1. The number of hydrogen-bond donors (Lipinski definition) is 1. The predicted octanol–water partition coefficient (Wildman–Crippen LogP) is 0.424. The van der Waals surface area contributed by atoms with E-state index in [1.807, 2.05) is 10.8 Å². The maximum atomic E-state index is 11.3. The van der Waals surface area contributed by atoms with Gasteiger partial charge in [0.1, 0.15) is 0 Å². The van der Waals surface area contributed by atoms with Crippen molar-refractivity contribution in [2.75, 3.05) is 13.0 Å². The number of carbonyl (C=O) groups excluding carboxylic acids is 1. The molecule has 1 aromatic carbocycles. The van der Waals surface area contributed by atoms with Gasteiger partial charge in [-0.05, 0) is 24.1 Å². The summed E-state index contributed by atoms with van der Waals surface area (Å²) in [6.07, 6.45) is 1.50. The van der Waals surface area contributed by atoms with Crippen LogP contribution in [0, 0.1) is 0 Å². The summed E-state index contributed by atoms with van der Waals surface area (Å²) in [6.45, 7) is 0.202. The first-order valence-electron chi connectivity index (χ1n) is 5.33. The van der Waals surface area contributed by atoms with Gasteiger partial charge in [-0.3, -0.25) is 9.52 Å². The molecular formula is C11H13NO5S. The number of rotatable bonds is 4. The number of aryl methyl sites for hydroxylation is 1. The van der Waals surface area contributed by atoms with E-state index in [0.29, 0.717) is 17.9 Å². The molecule has 0 atom stereocenters. The van der Waals surface area contributed by atoms with Gasteiger partial charge in [0.2, 0.25) is 22.7 Å². The van der Waals surface area contributed by atoms with E-state index in [2.05, 4.69) is 0 Å². The van der Waals surface area contributed by atoms with E-state index in [0.717, 1.165) is 11.8 Å². The molecule has 0 fully saturated rings. The quantitative estimate of drug-likeness (QED) is 0.858. The third-order valence-corrected chi connectivity index (χ3v) is 2.98. The van der Waals surface area contributed by atoms with E-state index in [9.17, 15) is 13.2 Å². The average molecular weight is 271 g/mol. The number of benzene rings is 1. The highest BCUT2D eigenvalue weighted by atomic mass is 32.2. The summed E-state index contributed by atoms with van der Waals surface area (Å²) in [4.78, 5) is 11.3. The van der Waals surface area contributed by atoms with Gasteiger partial charge in [0.25, 0.3) is 0 Å². The maximum absolute atomic E-state index is 11.3. The number of carbonyl (C=O) groups is 1. The number of fused-ring (bicyclic) bond motifs is 1. The highest BCUT2D eigenvalue weighted by Crippen LogP contribution is 2.32. The lowest BCUT2D eigenvalue weighted by molar-refractivity contribution is -0.119. The minimum atomic E-state index is -3.48. The van der Waals surface area contributed by atoms with Crippen molar-refractivity contribution in [2.24, 2.45) is 0 Å². The summed E-state index contributed by atoms with van der Waals surface area (Å²) in [5.41, 5.74) is 0.892. The van der Waals surface area contributed by atoms with Crippen molar-refractivity contribution in [3.63, 3.8) is 0 Å². The molecule has 0 radical (unpaired) electrons. The Hall–Kier alpha value is -1.76. The van der Waals surface area contributed by atoms with Gasteiger partial charge in [0, 0.05) is 6.42 Å². The van der Waals surface area contributed by atoms with Gasteiger partial charge >= 0.3 is 0 Å². The lowest BCUT2D eigenvalue weighted by Gasteiger charge is -2.04. The zero-order valence-corrected chi connectivity index (χ0v) is 10.6. The molecule has 0 bridgehead atoms. The van der Waals surface area contributed by atoms with Gasteiger partial charge in [0.05, 0.1) is 6.26 Å². The minimum absolute atomic E-state index is 0.104. The Morgan fingerprint density at radius 3 is 2.78 bits per heavy atom. The smallest absolute Gasteiger partial charge is 0.233 e. The molecule has 1 N–H and O–H groups in total. The Kier molecular flexibility index (Phi) is 3.42. The van der Waals surface area contributed by atoms with Crippen molar-refractivity contribution >= 4 is 15.9 Å². The number of sulfonamides is 1. The summed E-state index contributed by atoms with van der Waals surface area (Å²) in [6, 6.07) is 5.38. The van der Waals surface area contributed by atoms with Crippen LogP contribution in [0.3, 0.4) is 0 Å². The lowest BCUT2D eigenvalue weighted by Crippen LogP contribution is -2.29. The molecule has 0 unspecified atom stereocenters. The van der Waals surface area contributed by atoms with E-state index in [1.165, 1.54) is 0 Å². The minimum Gasteiger partial charge on any atom is -0.454 e. The van der Waals surface area contributed by atoms with Crippen LogP contribution in [-0.4, -0.2) is 27.4 Å². The normalized spacial score (nSPS) is 13.4. The van der Waals surface area contributed by atoms with Gasteiger partial charge in [-0.15, -0.1) is 0 Å². The molecule has 98 valence electrons. The molecule has 1 amide bonds. The van der Waals surface area contributed by atoms with Crippen LogP contribution in [0.2, 0.25) is 0 Å². The Labute approximate surface area is 105 Å². The second kappa shape index (κ2) is 4.85. The molecule has 18 heavy (non-hydrogen) atoms. The van der Waals surface area contributed by atoms with Crippen LogP contribution in [0.5, 0.6) is 11.5 Å². The molecule has 2 rings (SSSR count). The van der Waals surface area contributed by atoms with E-state index < -0.39 is 15.9 Å². The molecule has 6 nitrogen and oxygen atoms in total. The molecular weight excluding hydrogens is 258 g/mol. The predicted molar refractivity (Wildman–Crippen MR) is 63.9 cm³/mol. The first kappa shape index (κ1) is 12.7. The van der Waals surface area contributed by atoms with E-state index in [4.69, 9.17) is 9.47 Å². The van der Waals surface area contributed by atoms with Crippen molar-refractivity contribution in [1.82, 2.24) is 4.72 Å². The summed E-state index contributed by atoms with van der Waals surface area (Å²) in [5, 5.41) is 0. The van der Waals surface area contributed by atoms with Crippen LogP contribution in [0.25, 0.3) is 0 Å². The van der Waals surface area contributed by atoms with Gasteiger partial charge in [-0.1, -0.05) is 6.07 Å². The Bertz CT molecular complexity index is 567. The molecule has 0 saturated carbocycles. The first-order chi connectivity index (χ1) is 8.44. The third-order valence-electron chi connectivity index (χ3n) is 2.38. The Balaban J connectivity index is 1.93. The van der Waals surface area contributed by atoms with Crippen molar-refractivity contribution in [3.05, 3.63) is 23.8 Å². The second-order valence-corrected chi connectivity index (χ2v) is 5.73. The number of hydrogen-bond acceptors (Lipinski definition) is 5. The lowest BCUT2D eigenvalue weighted by atomic mass is 10.1. The number of ether oxygens (including phenoxy) is 2. The van der Waals surface area contributed by atoms with Crippen molar-refractivity contribution in [3.8, 4) is 11.5 Å². The summed E-state index contributed by atoms with van der Waals surface area (Å²) in [7, 11) is -3.48. The van der Waals surface area contributed by atoms with Crippen molar-refractivity contribution < 1.29 is 22.7 Å². The third kappa shape index (κ3) is 3.36. The fourth-order valence-corrected chi connectivity index (χ4v) is 2.13. The molecule has 0 spiro atoms. The van der Waals surface area contributed by atoms with Crippen LogP contribution in [0.15, 0.2) is 18.2 Å². The van der Waals surface area contributed by atoms with Crippen molar-refractivity contribution in [2.45, 2.75) is 12.8 Å². The SMILES string of the molecule is CS(=O)(=O)NC(=O)CCc1ccc2c(c1)OCO2. The monoisotopic (exact) mass is 271 g/mol. The van der Waals surface area contributed by atoms with Gasteiger partial charge in [-0.25, -0.2) is 8.42 Å². The second-order valence-electron chi connectivity index (χ2n) is 3.99. The molecule has 7 heteroatoms. The standard InChI is InChI=1S/C11H13NO5S/c1-18(14,15)12-11(13)5-3-8-2-4-9-10(6-8)17-7-16-9/h2,4,6H,3,5,7H2,1H3,(H,12,13). The van der Waals surface area contributed by atoms with Gasteiger partial charge in [-0.2, -0.15) is 0 Å². The Morgan fingerprint density at radius 2 is 2.06 bits per heavy atom. The van der Waals surface area contributed by atoms with E-state index >= 15 is 0 Å². The molecule has 0 aliphatic carbocycles. The van der Waals surface area contributed by atoms with E-state index in [-0.39, 0.29) is 13.2 Å². The van der Waals surface area contributed by atoms with Crippen molar-refractivity contribution in [1.29, 1.82) is 0 Å². The van der Waals surface area contributed by atoms with Crippen LogP contribution < -0.4 is 14.2 Å². The zero-order chi connectivity index (χ0) is 13.2. The largest absolute Gasteiger partial charge is 0.454 e. The molecule has 1 aliphatic rings. The first-order valence-corrected chi connectivity index (χ1v) is 7.22. The number of amides is 1. The van der Waals surface area contributed by atoms with E-state index in [1.54, 1.807) is 12.1 Å². The topological polar surface area (TPSA) is 81.7 Å². The average Bonchev–Trinajstić information content (AvgIpc) is 2.71. The van der Waals surface area contributed by atoms with Crippen LogP contribution in [0.1, 0.15) is 12.0 Å². The zero-order valence-electron chi connectivity index (χ0n) is 9.80. The molecule has 1 aromatic rings. The fourth-order valence-electron chi connectivity index (χ4n) is 1.61. The summed E-state index contributed by atoms with van der Waals surface area (Å²) < 4.78 is 34.0. The molecule has 1 heterocycles.